The number of methoxy groups -OCH3 is 2. The molecule has 3 aromatic rings. The smallest absolute Gasteiger partial charge is 0.321 e. The van der Waals surface area contributed by atoms with Crippen molar-refractivity contribution in [3.8, 4) is 17.6 Å². The van der Waals surface area contributed by atoms with E-state index in [0.717, 1.165) is 10.6 Å². The zero-order valence-corrected chi connectivity index (χ0v) is 18.0. The SMILES string of the molecule is COc1cc(NS(=O)(=O)c2ccc(-n3c(N)c4c(cc3=O)C(=O)NC4=O)cc2)nc(OC)n1. The molecule has 14 heteroatoms. The van der Waals surface area contributed by atoms with Crippen molar-refractivity contribution in [3.05, 3.63) is 57.9 Å². The molecule has 0 radical (unpaired) electrons. The maximum atomic E-state index is 12.8. The molecule has 1 aliphatic rings. The number of pyridine rings is 1. The minimum Gasteiger partial charge on any atom is -0.481 e. The molecule has 4 N–H and O–H groups in total. The number of hydrogen-bond acceptors (Lipinski definition) is 10. The van der Waals surface area contributed by atoms with Gasteiger partial charge in [0.2, 0.25) is 5.88 Å². The summed E-state index contributed by atoms with van der Waals surface area (Å²) in [6, 6.07) is 7.29. The average Bonchev–Trinajstić information content (AvgIpc) is 3.06. The number of nitrogens with one attached hydrogen (secondary N) is 2. The fourth-order valence-electron chi connectivity index (χ4n) is 3.17. The second-order valence-corrected chi connectivity index (χ2v) is 8.34. The number of rotatable bonds is 6. The van der Waals surface area contributed by atoms with E-state index in [1.165, 1.54) is 44.6 Å². The maximum absolute atomic E-state index is 12.8. The number of sulfonamides is 1. The molecule has 0 bridgehead atoms. The number of fused-ring (bicyclic) bond motifs is 1. The second-order valence-electron chi connectivity index (χ2n) is 6.66. The lowest BCUT2D eigenvalue weighted by Gasteiger charge is -2.13. The van der Waals surface area contributed by atoms with Gasteiger partial charge in [-0.05, 0) is 24.3 Å². The van der Waals surface area contributed by atoms with E-state index in [2.05, 4.69) is 20.0 Å². The Bertz CT molecular complexity index is 1440. The standard InChI is InChI=1S/C19H16N6O7S/c1-31-13-8-12(21-19(22-13)32-2)24-33(29,30)10-5-3-9(4-6-10)25-14(26)7-11-15(16(25)20)18(28)23-17(11)27/h3-8H,20H2,1-2H3,(H,21,22,24)(H,23,27,28). The predicted octanol–water partition coefficient (Wildman–Crippen LogP) is -0.0887. The lowest BCUT2D eigenvalue weighted by atomic mass is 10.1. The van der Waals surface area contributed by atoms with E-state index in [1.807, 2.05) is 0 Å². The number of ether oxygens (including phenoxy) is 2. The maximum Gasteiger partial charge on any atom is 0.321 e. The zero-order chi connectivity index (χ0) is 23.9. The molecule has 1 aliphatic heterocycles. The molecule has 2 aromatic heterocycles. The van der Waals surface area contributed by atoms with Crippen LogP contribution < -0.4 is 30.8 Å². The molecule has 4 rings (SSSR count). The molecule has 0 unspecified atom stereocenters. The molecule has 1 aromatic carbocycles. The summed E-state index contributed by atoms with van der Waals surface area (Å²) in [6.07, 6.45) is 0. The highest BCUT2D eigenvalue weighted by atomic mass is 32.2. The van der Waals surface area contributed by atoms with Crippen molar-refractivity contribution in [3.63, 3.8) is 0 Å². The molecule has 0 aliphatic carbocycles. The van der Waals surface area contributed by atoms with Crippen LogP contribution in [0.5, 0.6) is 11.9 Å². The molecular weight excluding hydrogens is 456 g/mol. The van der Waals surface area contributed by atoms with E-state index in [4.69, 9.17) is 15.2 Å². The third-order valence-corrected chi connectivity index (χ3v) is 6.04. The van der Waals surface area contributed by atoms with Gasteiger partial charge in [0, 0.05) is 12.1 Å². The van der Waals surface area contributed by atoms with Gasteiger partial charge >= 0.3 is 6.01 Å². The minimum atomic E-state index is -4.09. The van der Waals surface area contributed by atoms with Crippen LogP contribution in [0.25, 0.3) is 5.69 Å². The third-order valence-electron chi connectivity index (χ3n) is 4.67. The van der Waals surface area contributed by atoms with E-state index in [9.17, 15) is 22.8 Å². The lowest BCUT2D eigenvalue weighted by molar-refractivity contribution is 0.0880. The highest BCUT2D eigenvalue weighted by Gasteiger charge is 2.32. The molecule has 0 atom stereocenters. The van der Waals surface area contributed by atoms with Crippen LogP contribution in [0.1, 0.15) is 20.7 Å². The molecule has 13 nitrogen and oxygen atoms in total. The van der Waals surface area contributed by atoms with E-state index >= 15 is 0 Å². The van der Waals surface area contributed by atoms with Gasteiger partial charge < -0.3 is 15.2 Å². The largest absolute Gasteiger partial charge is 0.481 e. The first kappa shape index (κ1) is 21.8. The number of carbonyl (C=O) groups excluding carboxylic acids is 2. The number of carbonyl (C=O) groups is 2. The summed E-state index contributed by atoms with van der Waals surface area (Å²) in [6.45, 7) is 0. The molecule has 170 valence electrons. The summed E-state index contributed by atoms with van der Waals surface area (Å²) in [5.74, 6) is -1.67. The number of imide groups is 1. The molecule has 0 fully saturated rings. The number of benzene rings is 1. The first-order valence-electron chi connectivity index (χ1n) is 9.16. The van der Waals surface area contributed by atoms with Crippen molar-refractivity contribution in [2.45, 2.75) is 4.90 Å². The van der Waals surface area contributed by atoms with Crippen molar-refractivity contribution >= 4 is 33.5 Å². The number of hydrogen-bond donors (Lipinski definition) is 3. The van der Waals surface area contributed by atoms with Crippen molar-refractivity contribution in [2.24, 2.45) is 0 Å². The minimum absolute atomic E-state index is 0.0856. The van der Waals surface area contributed by atoms with E-state index in [1.54, 1.807) is 0 Å². The molecule has 0 saturated heterocycles. The second kappa shape index (κ2) is 7.90. The molecule has 33 heavy (non-hydrogen) atoms. The number of aromatic nitrogens is 3. The van der Waals surface area contributed by atoms with Gasteiger partial charge in [-0.25, -0.2) is 8.42 Å². The summed E-state index contributed by atoms with van der Waals surface area (Å²) in [4.78, 5) is 43.9. The van der Waals surface area contributed by atoms with Gasteiger partial charge in [0.25, 0.3) is 27.4 Å². The van der Waals surface area contributed by atoms with Crippen LogP contribution in [0.4, 0.5) is 11.6 Å². The van der Waals surface area contributed by atoms with Crippen molar-refractivity contribution in [1.82, 2.24) is 19.9 Å². The highest BCUT2D eigenvalue weighted by Crippen LogP contribution is 2.24. The quantitative estimate of drug-likeness (QED) is 0.410. The Labute approximate surface area is 186 Å². The number of nitrogens with zero attached hydrogens (tertiary/aromatic N) is 3. The summed E-state index contributed by atoms with van der Waals surface area (Å²) in [5, 5.41) is 2.07. The normalized spacial score (nSPS) is 12.8. The van der Waals surface area contributed by atoms with Crippen molar-refractivity contribution in [2.75, 3.05) is 24.7 Å². The van der Waals surface area contributed by atoms with Crippen LogP contribution in [-0.4, -0.2) is 49.0 Å². The average molecular weight is 472 g/mol. The number of nitrogens with two attached hydrogens (primary N) is 1. The Hall–Kier alpha value is -4.46. The summed E-state index contributed by atoms with van der Waals surface area (Å²) in [7, 11) is -1.42. The van der Waals surface area contributed by atoms with Crippen LogP contribution in [0.3, 0.4) is 0 Å². The van der Waals surface area contributed by atoms with Gasteiger partial charge in [0.1, 0.15) is 5.82 Å². The molecule has 2 amide bonds. The monoisotopic (exact) mass is 472 g/mol. The van der Waals surface area contributed by atoms with Crippen LogP contribution in [0, 0.1) is 0 Å². The highest BCUT2D eigenvalue weighted by molar-refractivity contribution is 7.92. The van der Waals surface area contributed by atoms with E-state index in [-0.39, 0.29) is 45.2 Å². The lowest BCUT2D eigenvalue weighted by Crippen LogP contribution is -2.24. The van der Waals surface area contributed by atoms with Gasteiger partial charge in [-0.15, -0.1) is 0 Å². The first-order chi connectivity index (χ1) is 15.6. The molecular formula is C19H16N6O7S. The van der Waals surface area contributed by atoms with Crippen molar-refractivity contribution in [1.29, 1.82) is 0 Å². The Kier molecular flexibility index (Phi) is 5.21. The van der Waals surface area contributed by atoms with Crippen LogP contribution >= 0.6 is 0 Å². The van der Waals surface area contributed by atoms with E-state index in [0.29, 0.717) is 0 Å². The van der Waals surface area contributed by atoms with Crippen LogP contribution in [0.15, 0.2) is 46.1 Å². The van der Waals surface area contributed by atoms with Gasteiger partial charge in [-0.1, -0.05) is 0 Å². The fraction of sp³-hybridized carbons (Fsp3) is 0.105. The summed E-state index contributed by atoms with van der Waals surface area (Å²) in [5.41, 5.74) is 5.28. The molecule has 0 spiro atoms. The van der Waals surface area contributed by atoms with Crippen LogP contribution in [0.2, 0.25) is 0 Å². The number of amides is 2. The Balaban J connectivity index is 1.69. The van der Waals surface area contributed by atoms with E-state index < -0.39 is 27.4 Å². The van der Waals surface area contributed by atoms with Gasteiger partial charge in [-0.2, -0.15) is 9.97 Å². The van der Waals surface area contributed by atoms with Crippen molar-refractivity contribution < 1.29 is 27.5 Å². The predicted molar refractivity (Wildman–Crippen MR) is 114 cm³/mol. The van der Waals surface area contributed by atoms with Gasteiger partial charge in [-0.3, -0.25) is 29.0 Å². The Morgan fingerprint density at radius 3 is 2.33 bits per heavy atom. The van der Waals surface area contributed by atoms with Gasteiger partial charge in [0.05, 0.1) is 35.9 Å². The third kappa shape index (κ3) is 3.82. The van der Waals surface area contributed by atoms with Gasteiger partial charge in [0.15, 0.2) is 5.82 Å². The Morgan fingerprint density at radius 2 is 1.70 bits per heavy atom. The summed E-state index contributed by atoms with van der Waals surface area (Å²) < 4.78 is 38.8. The van der Waals surface area contributed by atoms with Crippen LogP contribution in [-0.2, 0) is 10.0 Å². The first-order valence-corrected chi connectivity index (χ1v) is 10.6. The topological polar surface area (TPSA) is 185 Å². The number of anilines is 2. The summed E-state index contributed by atoms with van der Waals surface area (Å²) >= 11 is 0. The molecule has 3 heterocycles. The molecule has 0 saturated carbocycles. The fourth-order valence-corrected chi connectivity index (χ4v) is 4.16. The zero-order valence-electron chi connectivity index (χ0n) is 17.1. The Morgan fingerprint density at radius 1 is 1.00 bits per heavy atom. The number of nitrogen functional groups attached to an aromatic ring is 1.